The number of halogens is 3. The van der Waals surface area contributed by atoms with Gasteiger partial charge in [-0.15, -0.1) is 0 Å². The molecule has 1 N–H and O–H groups in total. The Balaban J connectivity index is 2.36. The van der Waals surface area contributed by atoms with E-state index < -0.39 is 10.0 Å². The number of hydrogen-bond donors (Lipinski definition) is 1. The van der Waals surface area contributed by atoms with E-state index in [-0.39, 0.29) is 8.68 Å². The molecule has 0 saturated carbocycles. The van der Waals surface area contributed by atoms with Crippen LogP contribution in [0.3, 0.4) is 0 Å². The first-order chi connectivity index (χ1) is 8.38. The lowest BCUT2D eigenvalue weighted by Gasteiger charge is -2.08. The minimum absolute atomic E-state index is 0.0439. The van der Waals surface area contributed by atoms with Gasteiger partial charge in [-0.1, -0.05) is 34.5 Å². The van der Waals surface area contributed by atoms with Gasteiger partial charge in [0, 0.05) is 3.57 Å². The third-order valence-corrected chi connectivity index (χ3v) is 5.84. The van der Waals surface area contributed by atoms with Crippen molar-refractivity contribution < 1.29 is 8.42 Å². The average molecular weight is 435 g/mol. The molecule has 0 radical (unpaired) electrons. The fraction of sp³-hybridized carbons (Fsp3) is 0. The van der Waals surface area contributed by atoms with Gasteiger partial charge in [-0.05, 0) is 40.8 Å². The summed E-state index contributed by atoms with van der Waals surface area (Å²) in [7, 11) is -3.70. The van der Waals surface area contributed by atoms with E-state index in [1.807, 2.05) is 0 Å². The molecule has 1 heterocycles. The van der Waals surface area contributed by atoms with Crippen molar-refractivity contribution >= 4 is 72.8 Å². The Hall–Kier alpha value is -0.0900. The van der Waals surface area contributed by atoms with Crippen LogP contribution in [0.2, 0.25) is 9.49 Å². The van der Waals surface area contributed by atoms with Gasteiger partial charge in [0.25, 0.3) is 10.0 Å². The highest BCUT2D eigenvalue weighted by molar-refractivity contribution is 14.1. The van der Waals surface area contributed by atoms with E-state index in [2.05, 4.69) is 32.3 Å². The number of thiazole rings is 1. The zero-order valence-electron chi connectivity index (χ0n) is 8.52. The molecule has 2 aromatic rings. The van der Waals surface area contributed by atoms with Crippen molar-refractivity contribution in [3.05, 3.63) is 37.5 Å². The number of rotatable bonds is 3. The largest absolute Gasteiger partial charge is 0.277 e. The molecule has 1 aromatic heterocycles. The smallest absolute Gasteiger partial charge is 0.273 e. The van der Waals surface area contributed by atoms with E-state index >= 15 is 0 Å². The normalized spacial score (nSPS) is 11.5. The molecule has 4 nitrogen and oxygen atoms in total. The summed E-state index contributed by atoms with van der Waals surface area (Å²) in [5.74, 6) is 0. The second-order valence-corrected chi connectivity index (χ2v) is 8.34. The third-order valence-electron chi connectivity index (χ3n) is 1.89. The monoisotopic (exact) mass is 434 g/mol. The van der Waals surface area contributed by atoms with E-state index in [1.165, 1.54) is 6.20 Å². The average Bonchev–Trinajstić information content (AvgIpc) is 2.71. The highest BCUT2D eigenvalue weighted by atomic mass is 127. The van der Waals surface area contributed by atoms with Crippen LogP contribution in [0.1, 0.15) is 0 Å². The summed E-state index contributed by atoms with van der Waals surface area (Å²) in [5, 5.41) is 0.328. The molecule has 0 fully saturated rings. The Labute approximate surface area is 132 Å². The molecule has 18 heavy (non-hydrogen) atoms. The predicted molar refractivity (Wildman–Crippen MR) is 82.1 cm³/mol. The van der Waals surface area contributed by atoms with Gasteiger partial charge < -0.3 is 0 Å². The number of benzene rings is 1. The predicted octanol–water partition coefficient (Wildman–Crippen LogP) is 3.86. The molecule has 1 aromatic carbocycles. The lowest BCUT2D eigenvalue weighted by Crippen LogP contribution is -2.11. The maximum atomic E-state index is 12.0. The third kappa shape index (κ3) is 3.27. The fourth-order valence-corrected chi connectivity index (χ4v) is 4.21. The molecule has 0 bridgehead atoms. The summed E-state index contributed by atoms with van der Waals surface area (Å²) < 4.78 is 27.5. The molecular formula is C9H5Cl2IN2O2S2. The lowest BCUT2D eigenvalue weighted by atomic mass is 10.3. The van der Waals surface area contributed by atoms with E-state index in [0.717, 1.165) is 14.9 Å². The van der Waals surface area contributed by atoms with Crippen LogP contribution in [0.25, 0.3) is 0 Å². The van der Waals surface area contributed by atoms with Crippen molar-refractivity contribution in [1.29, 1.82) is 0 Å². The first kappa shape index (κ1) is 14.3. The second-order valence-electron chi connectivity index (χ2n) is 3.16. The van der Waals surface area contributed by atoms with Gasteiger partial charge in [0.05, 0.1) is 16.9 Å². The molecular weight excluding hydrogens is 430 g/mol. The van der Waals surface area contributed by atoms with Gasteiger partial charge in [0.15, 0.2) is 8.68 Å². The van der Waals surface area contributed by atoms with Crippen LogP contribution in [0.4, 0.5) is 5.69 Å². The van der Waals surface area contributed by atoms with Crippen LogP contribution < -0.4 is 4.72 Å². The highest BCUT2D eigenvalue weighted by Crippen LogP contribution is 2.29. The molecule has 0 unspecified atom stereocenters. The zero-order valence-corrected chi connectivity index (χ0v) is 13.8. The molecule has 0 aliphatic carbocycles. The van der Waals surface area contributed by atoms with Crippen molar-refractivity contribution in [3.8, 4) is 0 Å². The van der Waals surface area contributed by atoms with Crippen molar-refractivity contribution in [3.63, 3.8) is 0 Å². The van der Waals surface area contributed by atoms with Crippen LogP contribution in [0, 0.1) is 3.57 Å². The maximum absolute atomic E-state index is 12.0. The Morgan fingerprint density at radius 1 is 1.33 bits per heavy atom. The minimum atomic E-state index is -3.70. The SMILES string of the molecule is O=S(=O)(Nc1cc(I)ccc1Cl)c1cnc(Cl)s1. The summed E-state index contributed by atoms with van der Waals surface area (Å²) in [6.45, 7) is 0. The summed E-state index contributed by atoms with van der Waals surface area (Å²) in [4.78, 5) is 3.69. The number of sulfonamides is 1. The fourth-order valence-electron chi connectivity index (χ4n) is 1.13. The van der Waals surface area contributed by atoms with Crippen LogP contribution in [-0.2, 0) is 10.0 Å². The summed E-state index contributed by atoms with van der Waals surface area (Å²) in [5.41, 5.74) is 0.327. The summed E-state index contributed by atoms with van der Waals surface area (Å²) >= 11 is 14.5. The van der Waals surface area contributed by atoms with E-state index in [1.54, 1.807) is 18.2 Å². The van der Waals surface area contributed by atoms with Crippen LogP contribution in [-0.4, -0.2) is 13.4 Å². The number of hydrogen-bond acceptors (Lipinski definition) is 4. The topological polar surface area (TPSA) is 59.1 Å². The second kappa shape index (κ2) is 5.49. The number of aromatic nitrogens is 1. The number of nitrogens with zero attached hydrogens (tertiary/aromatic N) is 1. The molecule has 2 rings (SSSR count). The van der Waals surface area contributed by atoms with E-state index in [9.17, 15) is 8.42 Å². The summed E-state index contributed by atoms with van der Waals surface area (Å²) in [6.07, 6.45) is 1.21. The van der Waals surface area contributed by atoms with Crippen LogP contribution >= 0.6 is 57.1 Å². The van der Waals surface area contributed by atoms with E-state index in [4.69, 9.17) is 23.2 Å². The zero-order chi connectivity index (χ0) is 13.3. The Morgan fingerprint density at radius 3 is 2.67 bits per heavy atom. The van der Waals surface area contributed by atoms with Gasteiger partial charge in [-0.3, -0.25) is 4.72 Å². The van der Waals surface area contributed by atoms with Gasteiger partial charge in [0.2, 0.25) is 0 Å². The molecule has 0 aliphatic rings. The Bertz CT molecular complexity index is 688. The Morgan fingerprint density at radius 2 is 2.06 bits per heavy atom. The van der Waals surface area contributed by atoms with Gasteiger partial charge >= 0.3 is 0 Å². The quantitative estimate of drug-likeness (QED) is 0.746. The summed E-state index contributed by atoms with van der Waals surface area (Å²) in [6, 6.07) is 5.05. The standard InChI is InChI=1S/C9H5Cl2IN2O2S2/c10-6-2-1-5(12)3-7(6)14-18(15,16)8-4-13-9(11)17-8/h1-4,14H. The van der Waals surface area contributed by atoms with E-state index in [0.29, 0.717) is 10.7 Å². The highest BCUT2D eigenvalue weighted by Gasteiger charge is 2.19. The van der Waals surface area contributed by atoms with Crippen LogP contribution in [0.15, 0.2) is 28.6 Å². The first-order valence-electron chi connectivity index (χ1n) is 4.48. The van der Waals surface area contributed by atoms with Gasteiger partial charge in [0.1, 0.15) is 0 Å². The molecule has 96 valence electrons. The Kier molecular flexibility index (Phi) is 4.37. The van der Waals surface area contributed by atoms with Crippen molar-refractivity contribution in [2.24, 2.45) is 0 Å². The molecule has 0 saturated heterocycles. The lowest BCUT2D eigenvalue weighted by molar-refractivity contribution is 0.603. The number of nitrogens with one attached hydrogen (secondary N) is 1. The van der Waals surface area contributed by atoms with Gasteiger partial charge in [-0.25, -0.2) is 13.4 Å². The molecule has 0 amide bonds. The molecule has 9 heteroatoms. The van der Waals surface area contributed by atoms with Crippen molar-refractivity contribution in [1.82, 2.24) is 4.98 Å². The maximum Gasteiger partial charge on any atom is 0.273 e. The first-order valence-corrected chi connectivity index (χ1v) is 8.61. The van der Waals surface area contributed by atoms with Crippen molar-refractivity contribution in [2.45, 2.75) is 4.21 Å². The number of anilines is 1. The van der Waals surface area contributed by atoms with Gasteiger partial charge in [-0.2, -0.15) is 0 Å². The molecule has 0 aliphatic heterocycles. The van der Waals surface area contributed by atoms with Crippen molar-refractivity contribution in [2.75, 3.05) is 4.72 Å². The molecule has 0 atom stereocenters. The minimum Gasteiger partial charge on any atom is -0.277 e. The van der Waals surface area contributed by atoms with Crippen LogP contribution in [0.5, 0.6) is 0 Å². The molecule has 0 spiro atoms.